The number of ether oxygens (including phenoxy) is 2. The van der Waals surface area contributed by atoms with Crippen molar-refractivity contribution in [2.45, 2.75) is 57.2 Å². The van der Waals surface area contributed by atoms with Gasteiger partial charge >= 0.3 is 11.9 Å². The molecule has 0 bridgehead atoms. The second kappa shape index (κ2) is 12.7. The highest BCUT2D eigenvalue weighted by Crippen LogP contribution is 2.34. The molecule has 0 fully saturated rings. The molecule has 206 valence electrons. The van der Waals surface area contributed by atoms with Gasteiger partial charge in [-0.25, -0.2) is 0 Å². The maximum Gasteiger partial charge on any atom is 0.303 e. The summed E-state index contributed by atoms with van der Waals surface area (Å²) in [5.74, 6) is -2.71. The van der Waals surface area contributed by atoms with Gasteiger partial charge in [0.15, 0.2) is 0 Å². The van der Waals surface area contributed by atoms with Crippen LogP contribution in [0.4, 0.5) is 0 Å². The van der Waals surface area contributed by atoms with Crippen LogP contribution in [0.25, 0.3) is 0 Å². The van der Waals surface area contributed by atoms with Gasteiger partial charge in [-0.15, -0.1) is 11.8 Å². The Morgan fingerprint density at radius 2 is 1.56 bits per heavy atom. The van der Waals surface area contributed by atoms with E-state index in [9.17, 15) is 19.2 Å². The van der Waals surface area contributed by atoms with E-state index in [0.29, 0.717) is 24.7 Å². The highest BCUT2D eigenvalue weighted by Gasteiger charge is 2.44. The van der Waals surface area contributed by atoms with Crippen molar-refractivity contribution in [1.29, 1.82) is 0 Å². The second-order valence-electron chi connectivity index (χ2n) is 9.75. The van der Waals surface area contributed by atoms with E-state index in [0.717, 1.165) is 43.4 Å². The van der Waals surface area contributed by atoms with E-state index in [2.05, 4.69) is 5.41 Å². The lowest BCUT2D eigenvalue weighted by atomic mass is 10.0. The third kappa shape index (κ3) is 7.22. The average Bonchev–Trinajstić information content (AvgIpc) is 3.53. The van der Waals surface area contributed by atoms with Gasteiger partial charge in [-0.1, -0.05) is 59.6 Å². The lowest BCUT2D eigenvalue weighted by molar-refractivity contribution is -0.180. The van der Waals surface area contributed by atoms with Crippen LogP contribution >= 0.6 is 23.4 Å². The molecule has 10 heteroatoms. The summed E-state index contributed by atoms with van der Waals surface area (Å²) in [6.45, 7) is 3.27. The Kier molecular flexibility index (Phi) is 9.35. The molecule has 4 rings (SSSR count). The summed E-state index contributed by atoms with van der Waals surface area (Å²) in [6.07, 6.45) is -1.72. The maximum atomic E-state index is 13.6. The summed E-state index contributed by atoms with van der Waals surface area (Å²) in [7, 11) is 1.59. The topological polar surface area (TPSA) is 93.2 Å². The van der Waals surface area contributed by atoms with E-state index in [-0.39, 0.29) is 5.25 Å². The van der Waals surface area contributed by atoms with Crippen molar-refractivity contribution < 1.29 is 28.7 Å². The van der Waals surface area contributed by atoms with E-state index < -0.39 is 36.0 Å². The van der Waals surface area contributed by atoms with Crippen LogP contribution in [0.3, 0.4) is 0 Å². The van der Waals surface area contributed by atoms with Crippen LogP contribution in [0.2, 0.25) is 5.02 Å². The SMILES string of the molecule is CC(=O)O[C@@H](C(=O)N(C)CC1CC(Cc2ccccc2Cl)=CS1)[C@@H](OC(C)=O)C(=O)N1Cc2ccccc2C1. The number of fused-ring (bicyclic) bond motifs is 1. The normalized spacial score (nSPS) is 17.6. The first kappa shape index (κ1) is 28.7. The molecule has 0 radical (unpaired) electrons. The minimum absolute atomic E-state index is 0.0744. The van der Waals surface area contributed by atoms with Gasteiger partial charge < -0.3 is 19.3 Å². The Bertz CT molecular complexity index is 1270. The lowest BCUT2D eigenvalue weighted by Gasteiger charge is -2.31. The van der Waals surface area contributed by atoms with Gasteiger partial charge in [0.2, 0.25) is 12.2 Å². The van der Waals surface area contributed by atoms with E-state index in [1.165, 1.54) is 15.4 Å². The van der Waals surface area contributed by atoms with Crippen molar-refractivity contribution in [3.8, 4) is 0 Å². The number of thioether (sulfide) groups is 1. The van der Waals surface area contributed by atoms with Gasteiger partial charge in [0.1, 0.15) is 0 Å². The van der Waals surface area contributed by atoms with Crippen LogP contribution in [0.15, 0.2) is 59.5 Å². The Morgan fingerprint density at radius 3 is 2.18 bits per heavy atom. The number of carbonyl (C=O) groups excluding carboxylic acids is 4. The molecule has 39 heavy (non-hydrogen) atoms. The molecular formula is C29H31ClN2O6S. The fourth-order valence-electron chi connectivity index (χ4n) is 4.81. The largest absolute Gasteiger partial charge is 0.448 e. The van der Waals surface area contributed by atoms with Crippen LogP contribution in [0.5, 0.6) is 0 Å². The predicted molar refractivity (Wildman–Crippen MR) is 149 cm³/mol. The molecule has 2 aromatic rings. The molecule has 0 saturated carbocycles. The minimum Gasteiger partial charge on any atom is -0.448 e. The Balaban J connectivity index is 1.44. The number of hydrogen-bond acceptors (Lipinski definition) is 7. The molecule has 2 aliphatic rings. The number of halogens is 1. The zero-order valence-corrected chi connectivity index (χ0v) is 23.7. The summed E-state index contributed by atoms with van der Waals surface area (Å²) >= 11 is 7.93. The molecule has 3 atom stereocenters. The van der Waals surface area contributed by atoms with Crippen molar-refractivity contribution >= 4 is 47.1 Å². The second-order valence-corrected chi connectivity index (χ2v) is 11.3. The molecule has 2 aromatic carbocycles. The maximum absolute atomic E-state index is 13.6. The van der Waals surface area contributed by atoms with Crippen LogP contribution < -0.4 is 0 Å². The van der Waals surface area contributed by atoms with E-state index in [1.54, 1.807) is 18.8 Å². The van der Waals surface area contributed by atoms with Gasteiger partial charge in [-0.2, -0.15) is 0 Å². The molecule has 0 saturated heterocycles. The Morgan fingerprint density at radius 1 is 0.974 bits per heavy atom. The zero-order chi connectivity index (χ0) is 28.1. The first-order valence-corrected chi connectivity index (χ1v) is 14.0. The number of benzene rings is 2. The number of allylic oxidation sites excluding steroid dienone is 1. The molecule has 0 aromatic heterocycles. The zero-order valence-electron chi connectivity index (χ0n) is 22.1. The minimum atomic E-state index is -1.60. The van der Waals surface area contributed by atoms with Gasteiger partial charge in [-0.05, 0) is 41.0 Å². The predicted octanol–water partition coefficient (Wildman–Crippen LogP) is 4.14. The van der Waals surface area contributed by atoms with Gasteiger partial charge in [0.05, 0.1) is 0 Å². The van der Waals surface area contributed by atoms with Crippen molar-refractivity contribution in [3.05, 3.63) is 81.2 Å². The number of nitrogens with zero attached hydrogens (tertiary/aromatic N) is 2. The summed E-state index contributed by atoms with van der Waals surface area (Å²) in [5.41, 5.74) is 4.19. The highest BCUT2D eigenvalue weighted by molar-refractivity contribution is 8.03. The highest BCUT2D eigenvalue weighted by atomic mass is 35.5. The number of rotatable bonds is 9. The van der Waals surface area contributed by atoms with Crippen molar-refractivity contribution in [2.75, 3.05) is 13.6 Å². The van der Waals surface area contributed by atoms with Crippen LogP contribution in [-0.4, -0.2) is 64.6 Å². The van der Waals surface area contributed by atoms with Gasteiger partial charge in [-0.3, -0.25) is 19.2 Å². The van der Waals surface area contributed by atoms with Crippen LogP contribution in [-0.2, 0) is 48.2 Å². The molecule has 0 aliphatic carbocycles. The Hall–Kier alpha value is -3.30. The molecule has 8 nitrogen and oxygen atoms in total. The molecule has 0 spiro atoms. The monoisotopic (exact) mass is 570 g/mol. The number of carbonyl (C=O) groups is 4. The average molecular weight is 571 g/mol. The van der Waals surface area contributed by atoms with Crippen molar-refractivity contribution in [3.63, 3.8) is 0 Å². The number of amides is 2. The third-order valence-corrected chi connectivity index (χ3v) is 8.18. The molecule has 0 N–H and O–H groups in total. The summed E-state index contributed by atoms with van der Waals surface area (Å²) in [6, 6.07) is 15.3. The standard InChI is InChI=1S/C29H31ClN2O6S/c1-18(33)37-26(27(38-19(2)34)29(36)32-14-22-9-4-5-10-23(22)15-32)28(35)31(3)16-24-13-20(17-39-24)12-21-8-6-7-11-25(21)30/h4-11,17,24,26-27H,12-16H2,1-3H3/t24?,26-,27-/m1/s1. The number of hydrogen-bond donors (Lipinski definition) is 0. The molecular weight excluding hydrogens is 540 g/mol. The lowest BCUT2D eigenvalue weighted by Crippen LogP contribution is -2.54. The fourth-order valence-corrected chi connectivity index (χ4v) is 6.20. The van der Waals surface area contributed by atoms with Crippen molar-refractivity contribution in [2.24, 2.45) is 0 Å². The summed E-state index contributed by atoms with van der Waals surface area (Å²) < 4.78 is 10.7. The van der Waals surface area contributed by atoms with E-state index >= 15 is 0 Å². The molecule has 1 unspecified atom stereocenters. The van der Waals surface area contributed by atoms with E-state index in [1.807, 2.05) is 48.5 Å². The molecule has 2 amide bonds. The summed E-state index contributed by atoms with van der Waals surface area (Å²) in [4.78, 5) is 54.1. The van der Waals surface area contributed by atoms with Gasteiger partial charge in [0.25, 0.3) is 11.8 Å². The first-order chi connectivity index (χ1) is 18.6. The first-order valence-electron chi connectivity index (χ1n) is 12.6. The fraction of sp³-hybridized carbons (Fsp3) is 0.379. The van der Waals surface area contributed by atoms with Crippen LogP contribution in [0, 0.1) is 0 Å². The van der Waals surface area contributed by atoms with Crippen molar-refractivity contribution in [1.82, 2.24) is 9.80 Å². The molecule has 2 heterocycles. The smallest absolute Gasteiger partial charge is 0.303 e. The number of esters is 2. The number of likely N-dealkylation sites (N-methyl/N-ethyl adjacent to an activating group) is 1. The molecule has 2 aliphatic heterocycles. The quantitative estimate of drug-likeness (QED) is 0.418. The Labute approximate surface area is 237 Å². The third-order valence-electron chi connectivity index (χ3n) is 6.65. The van der Waals surface area contributed by atoms with Gasteiger partial charge in [0, 0.05) is 50.8 Å². The van der Waals surface area contributed by atoms with E-state index in [4.69, 9.17) is 21.1 Å². The summed E-state index contributed by atoms with van der Waals surface area (Å²) in [5, 5.41) is 2.88. The van der Waals surface area contributed by atoms with Crippen LogP contribution in [0.1, 0.15) is 37.0 Å².